The Bertz CT molecular complexity index is 642. The van der Waals surface area contributed by atoms with Crippen LogP contribution in [-0.2, 0) is 0 Å². The maximum Gasteiger partial charge on any atom is 0.258 e. The highest BCUT2D eigenvalue weighted by atomic mass is 19.3. The van der Waals surface area contributed by atoms with Crippen LogP contribution in [-0.4, -0.2) is 44.6 Å². The summed E-state index contributed by atoms with van der Waals surface area (Å²) in [5.41, 5.74) is 0.595. The molecule has 0 aromatic heterocycles. The van der Waals surface area contributed by atoms with E-state index in [9.17, 15) is 8.78 Å². The molecular weight excluding hydrogens is 286 g/mol. The fourth-order valence-electron chi connectivity index (χ4n) is 3.19. The zero-order valence-corrected chi connectivity index (χ0v) is 12.6. The summed E-state index contributed by atoms with van der Waals surface area (Å²) in [6.07, 6.45) is -2.46. The van der Waals surface area contributed by atoms with E-state index in [0.29, 0.717) is 24.4 Å². The second kappa shape index (κ2) is 6.58. The Kier molecular flexibility index (Phi) is 4.55. The molecule has 1 saturated heterocycles. The fraction of sp³-hybridized carbons (Fsp3) is 0.412. The summed E-state index contributed by atoms with van der Waals surface area (Å²) in [5.74, 6) is 0.530. The predicted molar refractivity (Wildman–Crippen MR) is 83.7 cm³/mol. The molecule has 1 N–H and O–H groups in total. The Labute approximate surface area is 128 Å². The highest BCUT2D eigenvalue weighted by Gasteiger charge is 2.33. The van der Waals surface area contributed by atoms with Crippen LogP contribution in [0.2, 0.25) is 0 Å². The number of hydrogen-bond donors (Lipinski definition) is 1. The minimum absolute atomic E-state index is 0.530. The summed E-state index contributed by atoms with van der Waals surface area (Å²) in [7, 11) is 1.54. The first kappa shape index (κ1) is 15.2. The van der Waals surface area contributed by atoms with Crippen molar-refractivity contribution >= 4 is 10.8 Å². The van der Waals surface area contributed by atoms with E-state index < -0.39 is 12.5 Å². The van der Waals surface area contributed by atoms with Crippen LogP contribution >= 0.6 is 0 Å². The number of halogens is 2. The number of rotatable bonds is 4. The van der Waals surface area contributed by atoms with Crippen LogP contribution < -0.4 is 10.1 Å². The van der Waals surface area contributed by atoms with Crippen molar-refractivity contribution in [1.29, 1.82) is 0 Å². The van der Waals surface area contributed by atoms with Crippen molar-refractivity contribution in [3.8, 4) is 5.75 Å². The maximum atomic E-state index is 13.9. The van der Waals surface area contributed by atoms with Gasteiger partial charge < -0.3 is 10.1 Å². The highest BCUT2D eigenvalue weighted by molar-refractivity contribution is 5.88. The van der Waals surface area contributed by atoms with Crippen LogP contribution in [0.3, 0.4) is 0 Å². The molecule has 2 aromatic rings. The second-order valence-electron chi connectivity index (χ2n) is 5.47. The topological polar surface area (TPSA) is 24.5 Å². The first-order valence-electron chi connectivity index (χ1n) is 7.51. The molecule has 0 amide bonds. The fourth-order valence-corrected chi connectivity index (χ4v) is 3.19. The van der Waals surface area contributed by atoms with Gasteiger partial charge in [0.05, 0.1) is 7.11 Å². The molecule has 0 spiro atoms. The average Bonchev–Trinajstić information content (AvgIpc) is 2.56. The van der Waals surface area contributed by atoms with Gasteiger partial charge in [-0.05, 0) is 16.8 Å². The summed E-state index contributed by atoms with van der Waals surface area (Å²) in [6, 6.07) is 10.4. The van der Waals surface area contributed by atoms with Gasteiger partial charge in [-0.25, -0.2) is 8.78 Å². The third-order valence-corrected chi connectivity index (χ3v) is 4.23. The van der Waals surface area contributed by atoms with E-state index in [4.69, 9.17) is 4.74 Å². The van der Waals surface area contributed by atoms with Crippen LogP contribution in [0.15, 0.2) is 36.4 Å². The molecule has 0 unspecified atom stereocenters. The van der Waals surface area contributed by atoms with E-state index in [-0.39, 0.29) is 0 Å². The lowest BCUT2D eigenvalue weighted by Gasteiger charge is -2.35. The predicted octanol–water partition coefficient (Wildman–Crippen LogP) is 3.06. The normalized spacial score (nSPS) is 17.8. The molecule has 1 aliphatic rings. The van der Waals surface area contributed by atoms with E-state index >= 15 is 0 Å². The van der Waals surface area contributed by atoms with Gasteiger partial charge in [0.15, 0.2) is 0 Å². The van der Waals surface area contributed by atoms with Gasteiger partial charge in [0.25, 0.3) is 6.43 Å². The summed E-state index contributed by atoms with van der Waals surface area (Å²) >= 11 is 0. The number of benzene rings is 2. The van der Waals surface area contributed by atoms with Crippen LogP contribution in [0.25, 0.3) is 10.8 Å². The minimum atomic E-state index is -2.46. The molecule has 3 rings (SSSR count). The number of methoxy groups -OCH3 is 1. The SMILES string of the molecule is COc1ccc2ccccc2c1[C@H](C(F)F)N1CCNCC1. The van der Waals surface area contributed by atoms with Crippen molar-refractivity contribution in [3.63, 3.8) is 0 Å². The number of nitrogens with zero attached hydrogens (tertiary/aromatic N) is 1. The number of hydrogen-bond acceptors (Lipinski definition) is 3. The summed E-state index contributed by atoms with van der Waals surface area (Å²) in [4.78, 5) is 1.85. The molecule has 118 valence electrons. The Hall–Kier alpha value is -1.72. The lowest BCUT2D eigenvalue weighted by atomic mass is 9.96. The molecule has 0 saturated carbocycles. The van der Waals surface area contributed by atoms with Gasteiger partial charge in [0.2, 0.25) is 0 Å². The number of alkyl halides is 2. The van der Waals surface area contributed by atoms with Gasteiger partial charge in [-0.15, -0.1) is 0 Å². The molecule has 1 aliphatic heterocycles. The first-order valence-corrected chi connectivity index (χ1v) is 7.51. The summed E-state index contributed by atoms with van der Waals surface area (Å²) < 4.78 is 33.2. The van der Waals surface area contributed by atoms with Crippen molar-refractivity contribution in [2.24, 2.45) is 0 Å². The Morgan fingerprint density at radius 3 is 2.50 bits per heavy atom. The van der Waals surface area contributed by atoms with Gasteiger partial charge >= 0.3 is 0 Å². The molecule has 5 heteroatoms. The molecular formula is C17H20F2N2O. The molecule has 1 heterocycles. The molecule has 2 aromatic carbocycles. The van der Waals surface area contributed by atoms with Gasteiger partial charge in [0.1, 0.15) is 11.8 Å². The monoisotopic (exact) mass is 306 g/mol. The van der Waals surface area contributed by atoms with Crippen LogP contribution in [0.1, 0.15) is 11.6 Å². The van der Waals surface area contributed by atoms with Crippen molar-refractivity contribution in [2.75, 3.05) is 33.3 Å². The minimum Gasteiger partial charge on any atom is -0.496 e. The number of ether oxygens (including phenoxy) is 1. The number of nitrogens with one attached hydrogen (secondary N) is 1. The van der Waals surface area contributed by atoms with Crippen molar-refractivity contribution < 1.29 is 13.5 Å². The third-order valence-electron chi connectivity index (χ3n) is 4.23. The van der Waals surface area contributed by atoms with E-state index in [2.05, 4.69) is 5.32 Å². The van der Waals surface area contributed by atoms with Gasteiger partial charge in [-0.2, -0.15) is 0 Å². The molecule has 0 radical (unpaired) electrons. The lowest BCUT2D eigenvalue weighted by Crippen LogP contribution is -2.47. The largest absolute Gasteiger partial charge is 0.496 e. The summed E-state index contributed by atoms with van der Waals surface area (Å²) in [6.45, 7) is 2.69. The lowest BCUT2D eigenvalue weighted by molar-refractivity contribution is 0.0178. The molecule has 1 atom stereocenters. The molecule has 3 nitrogen and oxygen atoms in total. The second-order valence-corrected chi connectivity index (χ2v) is 5.47. The first-order chi connectivity index (χ1) is 10.7. The maximum absolute atomic E-state index is 13.9. The summed E-state index contributed by atoms with van der Waals surface area (Å²) in [5, 5.41) is 5.00. The molecule has 0 aliphatic carbocycles. The van der Waals surface area contributed by atoms with Crippen molar-refractivity contribution in [2.45, 2.75) is 12.5 Å². The van der Waals surface area contributed by atoms with Crippen LogP contribution in [0.5, 0.6) is 5.75 Å². The van der Waals surface area contributed by atoms with Gasteiger partial charge in [0, 0.05) is 31.7 Å². The average molecular weight is 306 g/mol. The standard InChI is InChI=1S/C17H20F2N2O/c1-22-14-7-6-12-4-2-3-5-13(12)15(14)16(17(18)19)21-10-8-20-9-11-21/h2-7,16-17,20H,8-11H2,1H3/t16-/m1/s1. The van der Waals surface area contributed by atoms with E-state index in [1.54, 1.807) is 6.07 Å². The smallest absolute Gasteiger partial charge is 0.258 e. The van der Waals surface area contributed by atoms with Crippen LogP contribution in [0, 0.1) is 0 Å². The van der Waals surface area contributed by atoms with Gasteiger partial charge in [-0.3, -0.25) is 4.90 Å². The Morgan fingerprint density at radius 2 is 1.82 bits per heavy atom. The third kappa shape index (κ3) is 2.78. The van der Waals surface area contributed by atoms with E-state index in [1.165, 1.54) is 7.11 Å². The van der Waals surface area contributed by atoms with Crippen molar-refractivity contribution in [3.05, 3.63) is 42.0 Å². The van der Waals surface area contributed by atoms with Crippen LogP contribution in [0.4, 0.5) is 8.78 Å². The number of piperazine rings is 1. The zero-order valence-electron chi connectivity index (χ0n) is 12.6. The molecule has 0 bridgehead atoms. The van der Waals surface area contributed by atoms with Gasteiger partial charge in [-0.1, -0.05) is 30.3 Å². The Morgan fingerprint density at radius 1 is 1.09 bits per heavy atom. The highest BCUT2D eigenvalue weighted by Crippen LogP contribution is 2.39. The quantitative estimate of drug-likeness (QED) is 0.939. The van der Waals surface area contributed by atoms with E-state index in [1.807, 2.05) is 35.2 Å². The Balaban J connectivity index is 2.15. The molecule has 1 fully saturated rings. The van der Waals surface area contributed by atoms with Crippen molar-refractivity contribution in [1.82, 2.24) is 10.2 Å². The zero-order chi connectivity index (χ0) is 15.5. The van der Waals surface area contributed by atoms with E-state index in [0.717, 1.165) is 23.9 Å². The number of fused-ring (bicyclic) bond motifs is 1. The molecule has 22 heavy (non-hydrogen) atoms.